The number of anilines is 1. The summed E-state index contributed by atoms with van der Waals surface area (Å²) in [7, 11) is -0.258. The van der Waals surface area contributed by atoms with E-state index in [4.69, 9.17) is 0 Å². The van der Waals surface area contributed by atoms with E-state index in [-0.39, 0.29) is 0 Å². The van der Waals surface area contributed by atoms with Crippen LogP contribution in [0.5, 0.6) is 0 Å². The lowest BCUT2D eigenvalue weighted by atomic mass is 10.1. The summed E-state index contributed by atoms with van der Waals surface area (Å²) in [4.78, 5) is 5.16. The molecule has 0 aliphatic carbocycles. The summed E-state index contributed by atoms with van der Waals surface area (Å²) in [6, 6.07) is 15.9. The number of sulfonamides is 1. The van der Waals surface area contributed by atoms with Gasteiger partial charge in [-0.15, -0.1) is 0 Å². The molecule has 6 heteroatoms. The smallest absolute Gasteiger partial charge is 0.242 e. The van der Waals surface area contributed by atoms with E-state index in [1.54, 1.807) is 26.2 Å². The molecule has 1 aliphatic rings. The Labute approximate surface area is 156 Å². The normalized spacial score (nSPS) is 16.2. The third-order valence-electron chi connectivity index (χ3n) is 4.82. The standard InChI is InChI=1S/C20H27N3O2S/c1-17-6-4-8-19(14-17)23-12-10-22(11-13-23)16-18-7-5-9-20(15-18)26(24,25)21(2)3/h4-9,14-15H,10-13,16H2,1-3H3. The van der Waals surface area contributed by atoms with Crippen molar-refractivity contribution >= 4 is 15.7 Å². The maximum atomic E-state index is 12.3. The Bertz CT molecular complexity index is 857. The summed E-state index contributed by atoms with van der Waals surface area (Å²) in [6.45, 7) is 6.81. The van der Waals surface area contributed by atoms with Gasteiger partial charge in [-0.3, -0.25) is 4.90 Å². The van der Waals surface area contributed by atoms with Crippen LogP contribution in [0, 0.1) is 6.92 Å². The fourth-order valence-electron chi connectivity index (χ4n) is 3.26. The first-order valence-electron chi connectivity index (χ1n) is 8.92. The minimum atomic E-state index is -3.38. The van der Waals surface area contributed by atoms with Crippen molar-refractivity contribution < 1.29 is 8.42 Å². The lowest BCUT2D eigenvalue weighted by molar-refractivity contribution is 0.249. The predicted molar refractivity (Wildman–Crippen MR) is 106 cm³/mol. The van der Waals surface area contributed by atoms with Gasteiger partial charge in [-0.1, -0.05) is 24.3 Å². The molecule has 0 saturated carbocycles. The molecule has 0 aromatic heterocycles. The molecule has 2 aromatic carbocycles. The quantitative estimate of drug-likeness (QED) is 0.808. The van der Waals surface area contributed by atoms with Gasteiger partial charge < -0.3 is 4.90 Å². The molecule has 2 aromatic rings. The van der Waals surface area contributed by atoms with Crippen LogP contribution in [0.2, 0.25) is 0 Å². The second kappa shape index (κ2) is 7.78. The maximum absolute atomic E-state index is 12.3. The van der Waals surface area contributed by atoms with Crippen LogP contribution in [-0.4, -0.2) is 57.9 Å². The van der Waals surface area contributed by atoms with E-state index in [0.717, 1.165) is 38.3 Å². The lowest BCUT2D eigenvalue weighted by Gasteiger charge is -2.36. The summed E-state index contributed by atoms with van der Waals surface area (Å²) in [5.74, 6) is 0. The molecule has 1 aliphatic heterocycles. The number of hydrogen-bond donors (Lipinski definition) is 0. The fraction of sp³-hybridized carbons (Fsp3) is 0.400. The van der Waals surface area contributed by atoms with Crippen molar-refractivity contribution in [2.45, 2.75) is 18.4 Å². The molecule has 5 nitrogen and oxygen atoms in total. The second-order valence-corrected chi connectivity index (χ2v) is 9.19. The van der Waals surface area contributed by atoms with Crippen molar-refractivity contribution in [1.82, 2.24) is 9.21 Å². The molecule has 0 bridgehead atoms. The van der Waals surface area contributed by atoms with Gasteiger partial charge in [0.15, 0.2) is 0 Å². The first-order valence-corrected chi connectivity index (χ1v) is 10.4. The number of rotatable bonds is 5. The van der Waals surface area contributed by atoms with E-state index in [9.17, 15) is 8.42 Å². The van der Waals surface area contributed by atoms with Crippen LogP contribution in [0.1, 0.15) is 11.1 Å². The van der Waals surface area contributed by atoms with E-state index < -0.39 is 10.0 Å². The Morgan fingerprint density at radius 1 is 0.962 bits per heavy atom. The zero-order chi connectivity index (χ0) is 18.7. The molecule has 0 atom stereocenters. The van der Waals surface area contributed by atoms with Crippen LogP contribution in [-0.2, 0) is 16.6 Å². The molecule has 140 valence electrons. The summed E-state index contributed by atoms with van der Waals surface area (Å²) in [5.41, 5.74) is 3.60. The molecule has 0 radical (unpaired) electrons. The van der Waals surface area contributed by atoms with Crippen LogP contribution in [0.15, 0.2) is 53.4 Å². The maximum Gasteiger partial charge on any atom is 0.242 e. The third kappa shape index (κ3) is 4.26. The Balaban J connectivity index is 1.63. The van der Waals surface area contributed by atoms with Gasteiger partial charge in [-0.2, -0.15) is 0 Å². The van der Waals surface area contributed by atoms with Crippen LogP contribution in [0.25, 0.3) is 0 Å². The van der Waals surface area contributed by atoms with Gasteiger partial charge in [0, 0.05) is 52.5 Å². The van der Waals surface area contributed by atoms with Crippen LogP contribution in [0.3, 0.4) is 0 Å². The van der Waals surface area contributed by atoms with Crippen LogP contribution in [0.4, 0.5) is 5.69 Å². The van der Waals surface area contributed by atoms with Crippen molar-refractivity contribution in [3.8, 4) is 0 Å². The van der Waals surface area contributed by atoms with Crippen molar-refractivity contribution in [1.29, 1.82) is 0 Å². The number of nitrogens with zero attached hydrogens (tertiary/aromatic N) is 3. The Kier molecular flexibility index (Phi) is 5.65. The Morgan fingerprint density at radius 2 is 1.65 bits per heavy atom. The monoisotopic (exact) mass is 373 g/mol. The van der Waals surface area contributed by atoms with E-state index >= 15 is 0 Å². The number of piperazine rings is 1. The highest BCUT2D eigenvalue weighted by Gasteiger charge is 2.20. The van der Waals surface area contributed by atoms with E-state index in [1.165, 1.54) is 15.6 Å². The van der Waals surface area contributed by atoms with Crippen molar-refractivity contribution in [2.75, 3.05) is 45.2 Å². The minimum absolute atomic E-state index is 0.360. The molecule has 1 fully saturated rings. The highest BCUT2D eigenvalue weighted by Crippen LogP contribution is 2.20. The summed E-state index contributed by atoms with van der Waals surface area (Å²) in [6.07, 6.45) is 0. The molecular weight excluding hydrogens is 346 g/mol. The zero-order valence-electron chi connectivity index (χ0n) is 15.7. The van der Waals surface area contributed by atoms with Crippen molar-refractivity contribution in [3.05, 3.63) is 59.7 Å². The predicted octanol–water partition coefficient (Wildman–Crippen LogP) is 2.57. The number of aryl methyl sites for hydroxylation is 1. The Hall–Kier alpha value is -1.89. The SMILES string of the molecule is Cc1cccc(N2CCN(Cc3cccc(S(=O)(=O)N(C)C)c3)CC2)c1. The Morgan fingerprint density at radius 3 is 2.31 bits per heavy atom. The molecule has 3 rings (SSSR count). The summed E-state index contributed by atoms with van der Waals surface area (Å²) < 4.78 is 25.9. The number of hydrogen-bond acceptors (Lipinski definition) is 4. The number of benzene rings is 2. The van der Waals surface area contributed by atoms with Gasteiger partial charge >= 0.3 is 0 Å². The average molecular weight is 374 g/mol. The highest BCUT2D eigenvalue weighted by atomic mass is 32.2. The average Bonchev–Trinajstić information content (AvgIpc) is 2.62. The van der Waals surface area contributed by atoms with Crippen molar-refractivity contribution in [2.24, 2.45) is 0 Å². The molecule has 1 saturated heterocycles. The molecular formula is C20H27N3O2S. The highest BCUT2D eigenvalue weighted by molar-refractivity contribution is 7.89. The van der Waals surface area contributed by atoms with Crippen molar-refractivity contribution in [3.63, 3.8) is 0 Å². The van der Waals surface area contributed by atoms with Gasteiger partial charge in [0.05, 0.1) is 4.90 Å². The van der Waals surface area contributed by atoms with Gasteiger partial charge in [0.2, 0.25) is 10.0 Å². The molecule has 0 spiro atoms. The third-order valence-corrected chi connectivity index (χ3v) is 6.63. The van der Waals surface area contributed by atoms with Crippen LogP contribution >= 0.6 is 0 Å². The second-order valence-electron chi connectivity index (χ2n) is 7.04. The van der Waals surface area contributed by atoms with Gasteiger partial charge in [0.25, 0.3) is 0 Å². The molecule has 26 heavy (non-hydrogen) atoms. The van der Waals surface area contributed by atoms with Gasteiger partial charge in [-0.25, -0.2) is 12.7 Å². The molecule has 0 amide bonds. The lowest BCUT2D eigenvalue weighted by Crippen LogP contribution is -2.46. The zero-order valence-corrected chi connectivity index (χ0v) is 16.5. The van der Waals surface area contributed by atoms with E-state index in [0.29, 0.717) is 4.90 Å². The largest absolute Gasteiger partial charge is 0.369 e. The van der Waals surface area contributed by atoms with Gasteiger partial charge in [0.1, 0.15) is 0 Å². The van der Waals surface area contributed by atoms with E-state index in [1.807, 2.05) is 12.1 Å². The first kappa shape index (κ1) is 18.9. The topological polar surface area (TPSA) is 43.9 Å². The summed E-state index contributed by atoms with van der Waals surface area (Å²) >= 11 is 0. The van der Waals surface area contributed by atoms with Gasteiger partial charge in [-0.05, 0) is 42.3 Å². The van der Waals surface area contributed by atoms with Crippen LogP contribution < -0.4 is 4.90 Å². The summed E-state index contributed by atoms with van der Waals surface area (Å²) in [5, 5.41) is 0. The van der Waals surface area contributed by atoms with E-state index in [2.05, 4.69) is 41.0 Å². The fourth-order valence-corrected chi connectivity index (χ4v) is 4.23. The molecule has 0 N–H and O–H groups in total. The molecule has 1 heterocycles. The molecule has 0 unspecified atom stereocenters. The minimum Gasteiger partial charge on any atom is -0.369 e. The first-order chi connectivity index (χ1) is 12.4.